The van der Waals surface area contributed by atoms with Gasteiger partial charge in [0.15, 0.2) is 0 Å². The van der Waals surface area contributed by atoms with Crippen molar-refractivity contribution in [3.63, 3.8) is 0 Å². The first-order valence-corrected chi connectivity index (χ1v) is 9.66. The molecule has 1 fully saturated rings. The van der Waals surface area contributed by atoms with Crippen molar-refractivity contribution in [2.45, 2.75) is 6.42 Å². The minimum Gasteiger partial charge on any atom is -0.508 e. The molecule has 27 heavy (non-hydrogen) atoms. The van der Waals surface area contributed by atoms with Crippen molar-refractivity contribution in [1.82, 2.24) is 5.32 Å². The Morgan fingerprint density at radius 3 is 2.19 bits per heavy atom. The number of phenols is 1. The molecule has 3 heteroatoms. The van der Waals surface area contributed by atoms with Crippen LogP contribution in [0.2, 0.25) is 0 Å². The maximum atomic E-state index is 9.98. The number of nitrogens with one attached hydrogen (secondary N) is 1. The summed E-state index contributed by atoms with van der Waals surface area (Å²) in [7, 11) is 0. The van der Waals surface area contributed by atoms with E-state index >= 15 is 0 Å². The lowest BCUT2D eigenvalue weighted by Crippen LogP contribution is -2.30. The standard InChI is InChI=1S/C24H26N2O/c27-24-13-7-12-23(15-24)26(22-10-5-2-6-11-22)18-21-17-25-16-20(21)14-19-8-3-1-4-9-19/h1-13,15,20-21,25,27H,14,16-18H2. The average molecular weight is 358 g/mol. The van der Waals surface area contributed by atoms with E-state index in [4.69, 9.17) is 0 Å². The largest absolute Gasteiger partial charge is 0.508 e. The topological polar surface area (TPSA) is 35.5 Å². The fourth-order valence-corrected chi connectivity index (χ4v) is 4.02. The Hall–Kier alpha value is -2.78. The van der Waals surface area contributed by atoms with Crippen molar-refractivity contribution in [3.8, 4) is 5.75 Å². The fourth-order valence-electron chi connectivity index (χ4n) is 4.02. The van der Waals surface area contributed by atoms with Crippen LogP contribution in [-0.2, 0) is 6.42 Å². The lowest BCUT2D eigenvalue weighted by molar-refractivity contribution is 0.423. The molecule has 4 rings (SSSR count). The Balaban J connectivity index is 1.57. The SMILES string of the molecule is Oc1cccc(N(CC2CNCC2Cc2ccccc2)c2ccccc2)c1. The summed E-state index contributed by atoms with van der Waals surface area (Å²) in [5.74, 6) is 1.46. The maximum Gasteiger partial charge on any atom is 0.117 e. The lowest BCUT2D eigenvalue weighted by Gasteiger charge is -2.30. The smallest absolute Gasteiger partial charge is 0.117 e. The van der Waals surface area contributed by atoms with Crippen LogP contribution in [0.1, 0.15) is 5.56 Å². The first kappa shape index (κ1) is 17.6. The van der Waals surface area contributed by atoms with Crippen LogP contribution < -0.4 is 10.2 Å². The third-order valence-electron chi connectivity index (χ3n) is 5.45. The summed E-state index contributed by atoms with van der Waals surface area (Å²) >= 11 is 0. The fraction of sp³-hybridized carbons (Fsp3) is 0.250. The summed E-state index contributed by atoms with van der Waals surface area (Å²) in [6, 6.07) is 28.8. The predicted molar refractivity (Wildman–Crippen MR) is 112 cm³/mol. The zero-order valence-corrected chi connectivity index (χ0v) is 15.5. The van der Waals surface area contributed by atoms with E-state index in [9.17, 15) is 5.11 Å². The normalized spacial score (nSPS) is 19.1. The number of phenolic OH excluding ortho intramolecular Hbond substituents is 1. The highest BCUT2D eigenvalue weighted by molar-refractivity contribution is 5.64. The molecule has 0 radical (unpaired) electrons. The molecule has 0 aromatic heterocycles. The molecule has 2 unspecified atom stereocenters. The van der Waals surface area contributed by atoms with Crippen molar-refractivity contribution in [3.05, 3.63) is 90.5 Å². The third kappa shape index (κ3) is 4.32. The maximum absolute atomic E-state index is 9.98. The van der Waals surface area contributed by atoms with Crippen molar-refractivity contribution < 1.29 is 5.11 Å². The highest BCUT2D eigenvalue weighted by Gasteiger charge is 2.29. The van der Waals surface area contributed by atoms with Gasteiger partial charge in [-0.05, 0) is 61.2 Å². The third-order valence-corrected chi connectivity index (χ3v) is 5.45. The van der Waals surface area contributed by atoms with Crippen molar-refractivity contribution >= 4 is 11.4 Å². The Kier molecular flexibility index (Phi) is 5.40. The van der Waals surface area contributed by atoms with E-state index in [0.29, 0.717) is 17.6 Å². The van der Waals surface area contributed by atoms with Gasteiger partial charge in [-0.15, -0.1) is 0 Å². The molecule has 3 aromatic carbocycles. The van der Waals surface area contributed by atoms with Gasteiger partial charge in [-0.1, -0.05) is 54.6 Å². The molecule has 1 aliphatic rings. The van der Waals surface area contributed by atoms with E-state index in [1.165, 1.54) is 5.56 Å². The van der Waals surface area contributed by atoms with Gasteiger partial charge >= 0.3 is 0 Å². The Morgan fingerprint density at radius 2 is 1.44 bits per heavy atom. The minimum absolute atomic E-state index is 0.304. The summed E-state index contributed by atoms with van der Waals surface area (Å²) in [6.07, 6.45) is 1.10. The molecular weight excluding hydrogens is 332 g/mol. The van der Waals surface area contributed by atoms with E-state index in [1.807, 2.05) is 18.2 Å². The zero-order chi connectivity index (χ0) is 18.5. The Morgan fingerprint density at radius 1 is 0.778 bits per heavy atom. The van der Waals surface area contributed by atoms with Gasteiger partial charge in [0, 0.05) is 24.0 Å². The van der Waals surface area contributed by atoms with Crippen LogP contribution in [0.25, 0.3) is 0 Å². The molecule has 3 nitrogen and oxygen atoms in total. The van der Waals surface area contributed by atoms with Crippen molar-refractivity contribution in [2.24, 2.45) is 11.8 Å². The van der Waals surface area contributed by atoms with Crippen LogP contribution in [0.15, 0.2) is 84.9 Å². The molecule has 3 aromatic rings. The second kappa shape index (κ2) is 8.28. The highest BCUT2D eigenvalue weighted by Crippen LogP contribution is 2.31. The summed E-state index contributed by atoms with van der Waals surface area (Å²) in [6.45, 7) is 3.01. The van der Waals surface area contributed by atoms with E-state index in [0.717, 1.165) is 37.4 Å². The van der Waals surface area contributed by atoms with Crippen LogP contribution in [0, 0.1) is 11.8 Å². The first-order valence-electron chi connectivity index (χ1n) is 9.66. The lowest BCUT2D eigenvalue weighted by atomic mass is 9.89. The van der Waals surface area contributed by atoms with Gasteiger partial charge in [0.2, 0.25) is 0 Å². The first-order chi connectivity index (χ1) is 13.3. The molecule has 1 heterocycles. The number of hydrogen-bond donors (Lipinski definition) is 2. The number of para-hydroxylation sites is 1. The Bertz CT molecular complexity index is 851. The van der Waals surface area contributed by atoms with Crippen LogP contribution in [0.3, 0.4) is 0 Å². The molecule has 0 spiro atoms. The van der Waals surface area contributed by atoms with Crippen LogP contribution in [0.4, 0.5) is 11.4 Å². The molecule has 0 aliphatic carbocycles. The number of nitrogens with zero attached hydrogens (tertiary/aromatic N) is 1. The van der Waals surface area contributed by atoms with Gasteiger partial charge in [-0.3, -0.25) is 0 Å². The summed E-state index contributed by atoms with van der Waals surface area (Å²) in [4.78, 5) is 2.33. The van der Waals surface area contributed by atoms with Gasteiger partial charge in [0.05, 0.1) is 0 Å². The van der Waals surface area contributed by atoms with Crippen LogP contribution in [0.5, 0.6) is 5.75 Å². The number of aromatic hydroxyl groups is 1. The van der Waals surface area contributed by atoms with E-state index in [2.05, 4.69) is 70.9 Å². The summed E-state index contributed by atoms with van der Waals surface area (Å²) < 4.78 is 0. The van der Waals surface area contributed by atoms with Crippen molar-refractivity contribution in [2.75, 3.05) is 24.5 Å². The van der Waals surface area contributed by atoms with Gasteiger partial charge in [-0.25, -0.2) is 0 Å². The number of anilines is 2. The summed E-state index contributed by atoms with van der Waals surface area (Å²) in [5.41, 5.74) is 3.60. The second-order valence-corrected chi connectivity index (χ2v) is 7.33. The monoisotopic (exact) mass is 358 g/mol. The molecule has 0 amide bonds. The summed E-state index contributed by atoms with van der Waals surface area (Å²) in [5, 5.41) is 13.6. The number of hydrogen-bond acceptors (Lipinski definition) is 3. The van der Waals surface area contributed by atoms with E-state index in [1.54, 1.807) is 6.07 Å². The van der Waals surface area contributed by atoms with Gasteiger partial charge < -0.3 is 15.3 Å². The molecule has 2 atom stereocenters. The number of benzene rings is 3. The van der Waals surface area contributed by atoms with Gasteiger partial charge in [-0.2, -0.15) is 0 Å². The molecule has 0 saturated carbocycles. The zero-order valence-electron chi connectivity index (χ0n) is 15.5. The van der Waals surface area contributed by atoms with Crippen LogP contribution in [-0.4, -0.2) is 24.7 Å². The van der Waals surface area contributed by atoms with Crippen LogP contribution >= 0.6 is 0 Å². The molecule has 1 aliphatic heterocycles. The second-order valence-electron chi connectivity index (χ2n) is 7.33. The quantitative estimate of drug-likeness (QED) is 0.675. The average Bonchev–Trinajstić information content (AvgIpc) is 3.14. The predicted octanol–water partition coefficient (Wildman–Crippen LogP) is 4.61. The highest BCUT2D eigenvalue weighted by atomic mass is 16.3. The minimum atomic E-state index is 0.304. The van der Waals surface area contributed by atoms with Crippen molar-refractivity contribution in [1.29, 1.82) is 0 Å². The molecule has 0 bridgehead atoms. The molecule has 138 valence electrons. The van der Waals surface area contributed by atoms with E-state index < -0.39 is 0 Å². The van der Waals surface area contributed by atoms with Gasteiger partial charge in [0.25, 0.3) is 0 Å². The molecular formula is C24H26N2O. The van der Waals surface area contributed by atoms with E-state index in [-0.39, 0.29) is 0 Å². The number of rotatable bonds is 6. The van der Waals surface area contributed by atoms with Gasteiger partial charge in [0.1, 0.15) is 5.75 Å². The molecule has 2 N–H and O–H groups in total. The Labute approximate surface area is 161 Å². The molecule has 1 saturated heterocycles.